The van der Waals surface area contributed by atoms with Gasteiger partial charge in [0.2, 0.25) is 10.0 Å². The Morgan fingerprint density at radius 2 is 1.85 bits per heavy atom. The highest BCUT2D eigenvalue weighted by Gasteiger charge is 2.23. The zero-order valence-electron chi connectivity index (χ0n) is 14.4. The predicted octanol–water partition coefficient (Wildman–Crippen LogP) is 3.90. The van der Waals surface area contributed by atoms with Crippen LogP contribution in [-0.2, 0) is 10.0 Å². The van der Waals surface area contributed by atoms with Gasteiger partial charge in [0.15, 0.2) is 5.76 Å². The van der Waals surface area contributed by atoms with Crippen molar-refractivity contribution >= 4 is 44.2 Å². The van der Waals surface area contributed by atoms with E-state index < -0.39 is 15.9 Å². The quantitative estimate of drug-likeness (QED) is 0.730. The minimum absolute atomic E-state index is 0.0802. The fourth-order valence-electron chi connectivity index (χ4n) is 2.55. The average molecular weight is 393 g/mol. The first kappa shape index (κ1) is 18.4. The number of rotatable bonds is 4. The lowest BCUT2D eigenvalue weighted by atomic mass is 10.1. The molecule has 0 atom stereocenters. The Balaban J connectivity index is 1.96. The van der Waals surface area contributed by atoms with Gasteiger partial charge in [-0.3, -0.25) is 4.79 Å². The van der Waals surface area contributed by atoms with Crippen LogP contribution in [0.1, 0.15) is 16.1 Å². The normalized spacial score (nSPS) is 11.9. The molecule has 0 aliphatic heterocycles. The average Bonchev–Trinajstić information content (AvgIpc) is 2.93. The number of anilines is 1. The number of hydrogen-bond donors (Lipinski definition) is 1. The van der Waals surface area contributed by atoms with Crippen molar-refractivity contribution in [3.63, 3.8) is 0 Å². The Labute approximate surface area is 156 Å². The number of amides is 1. The molecule has 0 spiro atoms. The van der Waals surface area contributed by atoms with Gasteiger partial charge in [-0.1, -0.05) is 29.8 Å². The minimum Gasteiger partial charge on any atom is -0.451 e. The molecule has 1 heterocycles. The highest BCUT2D eigenvalue weighted by Crippen LogP contribution is 2.29. The summed E-state index contributed by atoms with van der Waals surface area (Å²) in [5.74, 6) is -0.285. The highest BCUT2D eigenvalue weighted by atomic mass is 35.5. The van der Waals surface area contributed by atoms with Gasteiger partial charge in [-0.15, -0.1) is 0 Å². The van der Waals surface area contributed by atoms with Gasteiger partial charge in [-0.05, 0) is 31.2 Å². The largest absolute Gasteiger partial charge is 0.451 e. The number of carbonyl (C=O) groups is 1. The second-order valence-electron chi connectivity index (χ2n) is 5.94. The molecule has 0 saturated heterocycles. The van der Waals surface area contributed by atoms with Crippen LogP contribution in [0.2, 0.25) is 5.02 Å². The molecular formula is C18H17ClN2O4S. The summed E-state index contributed by atoms with van der Waals surface area (Å²) in [6.45, 7) is 1.80. The van der Waals surface area contributed by atoms with Crippen molar-refractivity contribution in [3.05, 3.63) is 58.8 Å². The summed E-state index contributed by atoms with van der Waals surface area (Å²) in [4.78, 5) is 12.5. The summed E-state index contributed by atoms with van der Waals surface area (Å²) in [6, 6.07) is 11.6. The zero-order valence-corrected chi connectivity index (χ0v) is 16.0. The van der Waals surface area contributed by atoms with Crippen molar-refractivity contribution in [2.75, 3.05) is 19.4 Å². The zero-order chi connectivity index (χ0) is 19.1. The molecule has 8 heteroatoms. The molecule has 1 N–H and O–H groups in total. The van der Waals surface area contributed by atoms with Crippen LogP contribution >= 0.6 is 11.6 Å². The van der Waals surface area contributed by atoms with Crippen molar-refractivity contribution in [2.45, 2.75) is 11.8 Å². The van der Waals surface area contributed by atoms with E-state index in [-0.39, 0.29) is 15.7 Å². The third-order valence-electron chi connectivity index (χ3n) is 4.00. The molecule has 0 unspecified atom stereocenters. The lowest BCUT2D eigenvalue weighted by molar-refractivity contribution is 0.0998. The van der Waals surface area contributed by atoms with Crippen LogP contribution in [-0.4, -0.2) is 32.7 Å². The van der Waals surface area contributed by atoms with E-state index in [9.17, 15) is 13.2 Å². The van der Waals surface area contributed by atoms with Gasteiger partial charge >= 0.3 is 0 Å². The SMILES string of the molecule is Cc1c(C(=O)Nc2ccc(Cl)c(S(=O)(=O)N(C)C)c2)oc2ccccc12. The molecule has 0 bridgehead atoms. The number of sulfonamides is 1. The fourth-order valence-corrected chi connectivity index (χ4v) is 3.95. The molecule has 26 heavy (non-hydrogen) atoms. The maximum absolute atomic E-state index is 12.6. The smallest absolute Gasteiger partial charge is 0.291 e. The van der Waals surface area contributed by atoms with Gasteiger partial charge in [0.1, 0.15) is 10.5 Å². The second kappa shape index (κ2) is 6.75. The summed E-state index contributed by atoms with van der Waals surface area (Å²) in [5, 5.41) is 3.60. The van der Waals surface area contributed by atoms with Gasteiger partial charge < -0.3 is 9.73 Å². The maximum Gasteiger partial charge on any atom is 0.291 e. The number of furan rings is 1. The molecule has 0 aliphatic carbocycles. The first-order valence-electron chi connectivity index (χ1n) is 7.73. The van der Waals surface area contributed by atoms with E-state index in [0.29, 0.717) is 16.8 Å². The highest BCUT2D eigenvalue weighted by molar-refractivity contribution is 7.89. The first-order chi connectivity index (χ1) is 12.2. The van der Waals surface area contributed by atoms with E-state index in [1.165, 1.54) is 32.3 Å². The predicted molar refractivity (Wildman–Crippen MR) is 101 cm³/mol. The molecule has 1 amide bonds. The van der Waals surface area contributed by atoms with Crippen molar-refractivity contribution in [1.82, 2.24) is 4.31 Å². The molecule has 136 valence electrons. The van der Waals surface area contributed by atoms with Crippen LogP contribution in [0.25, 0.3) is 11.0 Å². The van der Waals surface area contributed by atoms with E-state index in [2.05, 4.69) is 5.32 Å². The van der Waals surface area contributed by atoms with Crippen molar-refractivity contribution < 1.29 is 17.6 Å². The van der Waals surface area contributed by atoms with Crippen molar-refractivity contribution in [3.8, 4) is 0 Å². The third-order valence-corrected chi connectivity index (χ3v) is 6.29. The van der Waals surface area contributed by atoms with Crippen LogP contribution in [0.5, 0.6) is 0 Å². The van der Waals surface area contributed by atoms with Gasteiger partial charge in [0.25, 0.3) is 5.91 Å². The number of nitrogens with zero attached hydrogens (tertiary/aromatic N) is 1. The Hall–Kier alpha value is -2.35. The standard InChI is InChI=1S/C18H17ClN2O4S/c1-11-13-6-4-5-7-15(13)25-17(11)18(22)20-12-8-9-14(19)16(10-12)26(23,24)21(2)3/h4-10H,1-3H3,(H,20,22). The van der Waals surface area contributed by atoms with Crippen LogP contribution in [0.15, 0.2) is 51.8 Å². The molecule has 0 fully saturated rings. The number of benzene rings is 2. The Kier molecular flexibility index (Phi) is 4.79. The molecule has 6 nitrogen and oxygen atoms in total. The molecular weight excluding hydrogens is 376 g/mol. The molecule has 2 aromatic carbocycles. The van der Waals surface area contributed by atoms with Crippen LogP contribution < -0.4 is 5.32 Å². The van der Waals surface area contributed by atoms with E-state index in [4.69, 9.17) is 16.0 Å². The van der Waals surface area contributed by atoms with Gasteiger partial charge in [-0.25, -0.2) is 12.7 Å². The number of aryl methyl sites for hydroxylation is 1. The Bertz CT molecular complexity index is 1100. The van der Waals surface area contributed by atoms with E-state index in [1.54, 1.807) is 13.0 Å². The molecule has 3 aromatic rings. The second-order valence-corrected chi connectivity index (χ2v) is 8.47. The fraction of sp³-hybridized carbons (Fsp3) is 0.167. The number of nitrogens with one attached hydrogen (secondary N) is 1. The summed E-state index contributed by atoms with van der Waals surface area (Å²) < 4.78 is 31.4. The molecule has 0 aliphatic rings. The van der Waals surface area contributed by atoms with Crippen LogP contribution in [0.3, 0.4) is 0 Å². The van der Waals surface area contributed by atoms with Gasteiger partial charge in [-0.2, -0.15) is 0 Å². The van der Waals surface area contributed by atoms with Crippen LogP contribution in [0, 0.1) is 6.92 Å². The Morgan fingerprint density at radius 3 is 2.50 bits per heavy atom. The number of halogens is 1. The number of fused-ring (bicyclic) bond motifs is 1. The summed E-state index contributed by atoms with van der Waals surface area (Å²) in [6.07, 6.45) is 0. The lowest BCUT2D eigenvalue weighted by Gasteiger charge is -2.14. The maximum atomic E-state index is 12.6. The van der Waals surface area contributed by atoms with Crippen molar-refractivity contribution in [2.24, 2.45) is 0 Å². The number of carbonyl (C=O) groups excluding carboxylic acids is 1. The topological polar surface area (TPSA) is 79.6 Å². The summed E-state index contributed by atoms with van der Waals surface area (Å²) in [7, 11) is -0.910. The van der Waals surface area contributed by atoms with Crippen molar-refractivity contribution in [1.29, 1.82) is 0 Å². The summed E-state index contributed by atoms with van der Waals surface area (Å²) in [5.41, 5.74) is 1.63. The third kappa shape index (κ3) is 3.21. The molecule has 0 saturated carbocycles. The van der Waals surface area contributed by atoms with Gasteiger partial charge in [0, 0.05) is 30.7 Å². The van der Waals surface area contributed by atoms with E-state index >= 15 is 0 Å². The van der Waals surface area contributed by atoms with Gasteiger partial charge in [0.05, 0.1) is 5.02 Å². The van der Waals surface area contributed by atoms with Crippen LogP contribution in [0.4, 0.5) is 5.69 Å². The molecule has 0 radical (unpaired) electrons. The first-order valence-corrected chi connectivity index (χ1v) is 9.55. The minimum atomic E-state index is -3.73. The van der Waals surface area contributed by atoms with E-state index in [1.807, 2.05) is 18.2 Å². The lowest BCUT2D eigenvalue weighted by Crippen LogP contribution is -2.23. The number of hydrogen-bond acceptors (Lipinski definition) is 4. The Morgan fingerprint density at radius 1 is 1.15 bits per heavy atom. The molecule has 1 aromatic heterocycles. The number of para-hydroxylation sites is 1. The van der Waals surface area contributed by atoms with E-state index in [0.717, 1.165) is 9.69 Å². The molecule has 3 rings (SSSR count). The summed E-state index contributed by atoms with van der Waals surface area (Å²) >= 11 is 6.02. The monoisotopic (exact) mass is 392 g/mol.